The van der Waals surface area contributed by atoms with Gasteiger partial charge in [-0.15, -0.1) is 0 Å². The summed E-state index contributed by atoms with van der Waals surface area (Å²) in [4.78, 5) is 30.8. The van der Waals surface area contributed by atoms with Gasteiger partial charge in [-0.25, -0.2) is 13.3 Å². The van der Waals surface area contributed by atoms with E-state index in [9.17, 15) is 18.0 Å². The lowest BCUT2D eigenvalue weighted by Gasteiger charge is -2.27. The summed E-state index contributed by atoms with van der Waals surface area (Å²) >= 11 is 8.11. The number of nitrogens with one attached hydrogen (secondary N) is 1. The highest BCUT2D eigenvalue weighted by molar-refractivity contribution is 14.1. The number of hydrogen-bond donors (Lipinski definition) is 1. The molecule has 4 aromatic rings. The molecule has 10 heteroatoms. The molecule has 2 heterocycles. The maximum Gasteiger partial charge on any atom is 0.252 e. The van der Waals surface area contributed by atoms with Crippen molar-refractivity contribution in [3.05, 3.63) is 93.1 Å². The summed E-state index contributed by atoms with van der Waals surface area (Å²) in [6.07, 6.45) is 1.97. The SMILES string of the molecule is O=C1CC(N(CCc2c[nH]c3ccccc23)S(=O)(=O)c2ccc(Cl)cc2)C(=O)N1c1ccc(I)cc1. The topological polar surface area (TPSA) is 90.5 Å². The summed E-state index contributed by atoms with van der Waals surface area (Å²) in [7, 11) is -4.11. The van der Waals surface area contributed by atoms with Gasteiger partial charge in [-0.2, -0.15) is 4.31 Å². The molecule has 0 aliphatic carbocycles. The number of hydrogen-bond acceptors (Lipinski definition) is 4. The third kappa shape index (κ3) is 4.68. The van der Waals surface area contributed by atoms with Crippen LogP contribution >= 0.6 is 34.2 Å². The number of benzene rings is 3. The summed E-state index contributed by atoms with van der Waals surface area (Å²) in [5.74, 6) is -0.993. The van der Waals surface area contributed by atoms with Gasteiger partial charge in [0, 0.05) is 32.2 Å². The van der Waals surface area contributed by atoms with Crippen molar-refractivity contribution < 1.29 is 18.0 Å². The molecule has 5 rings (SSSR count). The largest absolute Gasteiger partial charge is 0.361 e. The minimum absolute atomic E-state index is 0.0128. The van der Waals surface area contributed by atoms with Crippen molar-refractivity contribution in [3.63, 3.8) is 0 Å². The van der Waals surface area contributed by atoms with Crippen LogP contribution in [-0.2, 0) is 26.0 Å². The number of para-hydroxylation sites is 1. The molecule has 1 unspecified atom stereocenters. The minimum atomic E-state index is -4.11. The molecule has 1 saturated heterocycles. The third-order valence-electron chi connectivity index (χ3n) is 6.25. The molecule has 184 valence electrons. The highest BCUT2D eigenvalue weighted by Gasteiger charge is 2.46. The number of halogens is 2. The molecule has 7 nitrogen and oxygen atoms in total. The molecule has 1 N–H and O–H groups in total. The lowest BCUT2D eigenvalue weighted by Crippen LogP contribution is -2.46. The zero-order chi connectivity index (χ0) is 25.4. The number of H-pyrrole nitrogens is 1. The van der Waals surface area contributed by atoms with Gasteiger partial charge >= 0.3 is 0 Å². The Hall–Kier alpha value is -2.73. The summed E-state index contributed by atoms with van der Waals surface area (Å²) in [5, 5.41) is 1.38. The van der Waals surface area contributed by atoms with Gasteiger partial charge in [0.25, 0.3) is 5.91 Å². The molecule has 1 fully saturated rings. The van der Waals surface area contributed by atoms with E-state index in [1.807, 2.05) is 30.5 Å². The van der Waals surface area contributed by atoms with E-state index >= 15 is 0 Å². The predicted octanol–water partition coefficient (Wildman–Crippen LogP) is 4.99. The van der Waals surface area contributed by atoms with Crippen molar-refractivity contribution in [1.29, 1.82) is 0 Å². The van der Waals surface area contributed by atoms with E-state index in [4.69, 9.17) is 11.6 Å². The summed E-state index contributed by atoms with van der Waals surface area (Å²) in [6, 6.07) is 19.4. The van der Waals surface area contributed by atoms with Crippen molar-refractivity contribution in [2.45, 2.75) is 23.8 Å². The molecule has 1 aliphatic rings. The lowest BCUT2D eigenvalue weighted by molar-refractivity contribution is -0.122. The number of imide groups is 1. The van der Waals surface area contributed by atoms with Crippen LogP contribution in [-0.4, -0.2) is 42.1 Å². The molecule has 1 aliphatic heterocycles. The molecule has 0 saturated carbocycles. The van der Waals surface area contributed by atoms with Crippen molar-refractivity contribution in [2.75, 3.05) is 11.4 Å². The zero-order valence-electron chi connectivity index (χ0n) is 18.9. The second-order valence-electron chi connectivity index (χ2n) is 8.44. The summed E-state index contributed by atoms with van der Waals surface area (Å²) in [6.45, 7) is 0.0248. The number of fused-ring (bicyclic) bond motifs is 1. The van der Waals surface area contributed by atoms with E-state index in [2.05, 4.69) is 27.6 Å². The maximum absolute atomic E-state index is 13.8. The van der Waals surface area contributed by atoms with Crippen LogP contribution in [0.15, 0.2) is 83.9 Å². The van der Waals surface area contributed by atoms with Crippen LogP contribution in [0.4, 0.5) is 5.69 Å². The lowest BCUT2D eigenvalue weighted by atomic mass is 10.1. The van der Waals surface area contributed by atoms with Crippen LogP contribution < -0.4 is 4.90 Å². The van der Waals surface area contributed by atoms with Crippen molar-refractivity contribution in [1.82, 2.24) is 9.29 Å². The number of nitrogens with zero attached hydrogens (tertiary/aromatic N) is 2. The number of carbonyl (C=O) groups excluding carboxylic acids is 2. The number of anilines is 1. The van der Waals surface area contributed by atoms with Crippen LogP contribution in [0.2, 0.25) is 5.02 Å². The molecule has 2 amide bonds. The number of aromatic amines is 1. The van der Waals surface area contributed by atoms with Crippen molar-refractivity contribution in [2.24, 2.45) is 0 Å². The molecule has 0 bridgehead atoms. The van der Waals surface area contributed by atoms with Gasteiger partial charge < -0.3 is 4.98 Å². The molecule has 0 spiro atoms. The van der Waals surface area contributed by atoms with Crippen molar-refractivity contribution >= 4 is 72.6 Å². The summed E-state index contributed by atoms with van der Waals surface area (Å²) in [5.41, 5.74) is 2.29. The molecule has 3 aromatic carbocycles. The Morgan fingerprint density at radius 3 is 2.42 bits per heavy atom. The quantitative estimate of drug-likeness (QED) is 0.229. The Bertz CT molecular complexity index is 1550. The second kappa shape index (κ2) is 9.97. The fourth-order valence-corrected chi connectivity index (χ4v) is 6.52. The number of amides is 2. The fourth-order valence-electron chi connectivity index (χ4n) is 4.46. The van der Waals surface area contributed by atoms with Crippen LogP contribution in [0.25, 0.3) is 10.9 Å². The van der Waals surface area contributed by atoms with Crippen molar-refractivity contribution in [3.8, 4) is 0 Å². The van der Waals surface area contributed by atoms with Crippen LogP contribution in [0.5, 0.6) is 0 Å². The van der Waals surface area contributed by atoms with Gasteiger partial charge in [-0.1, -0.05) is 29.8 Å². The number of aromatic nitrogens is 1. The smallest absolute Gasteiger partial charge is 0.252 e. The van der Waals surface area contributed by atoms with Gasteiger partial charge in [0.1, 0.15) is 6.04 Å². The van der Waals surface area contributed by atoms with E-state index < -0.39 is 27.9 Å². The average Bonchev–Trinajstić information content (AvgIpc) is 3.40. The number of carbonyl (C=O) groups is 2. The Labute approximate surface area is 227 Å². The number of rotatable bonds is 7. The first kappa shape index (κ1) is 24.9. The Kier molecular flexibility index (Phi) is 6.90. The van der Waals surface area contributed by atoms with Crippen LogP contribution in [0.1, 0.15) is 12.0 Å². The first-order chi connectivity index (χ1) is 17.3. The molecule has 1 atom stereocenters. The standard InChI is InChI=1S/C26H21ClIN3O4S/c27-18-5-11-21(12-6-18)36(34,35)30(14-13-17-16-29-23-4-2-1-3-22(17)23)24-15-25(32)31(26(24)33)20-9-7-19(28)8-10-20/h1-12,16,24,29H,13-15H2. The highest BCUT2D eigenvalue weighted by Crippen LogP contribution is 2.31. The molecular formula is C26H21ClIN3O4S. The highest BCUT2D eigenvalue weighted by atomic mass is 127. The average molecular weight is 634 g/mol. The monoisotopic (exact) mass is 633 g/mol. The van der Waals surface area contributed by atoms with Gasteiger partial charge in [-0.05, 0) is 89.2 Å². The third-order valence-corrected chi connectivity index (χ3v) is 9.15. The first-order valence-corrected chi connectivity index (χ1v) is 14.1. The van der Waals surface area contributed by atoms with Crippen LogP contribution in [0, 0.1) is 3.57 Å². The van der Waals surface area contributed by atoms with Gasteiger partial charge in [-0.3, -0.25) is 9.59 Å². The normalized spacial score (nSPS) is 16.4. The second-order valence-corrected chi connectivity index (χ2v) is 12.0. The molecular weight excluding hydrogens is 613 g/mol. The minimum Gasteiger partial charge on any atom is -0.361 e. The maximum atomic E-state index is 13.8. The van der Waals surface area contributed by atoms with E-state index in [0.717, 1.165) is 29.2 Å². The van der Waals surface area contributed by atoms with Gasteiger partial charge in [0.2, 0.25) is 15.9 Å². The van der Waals surface area contributed by atoms with E-state index in [1.54, 1.807) is 24.3 Å². The Balaban J connectivity index is 1.51. The fraction of sp³-hybridized carbons (Fsp3) is 0.154. The molecule has 36 heavy (non-hydrogen) atoms. The zero-order valence-corrected chi connectivity index (χ0v) is 22.6. The molecule has 0 radical (unpaired) electrons. The summed E-state index contributed by atoms with van der Waals surface area (Å²) < 4.78 is 29.7. The Morgan fingerprint density at radius 2 is 1.69 bits per heavy atom. The van der Waals surface area contributed by atoms with E-state index in [0.29, 0.717) is 17.1 Å². The van der Waals surface area contributed by atoms with E-state index in [-0.39, 0.29) is 17.9 Å². The van der Waals surface area contributed by atoms with Crippen LogP contribution in [0.3, 0.4) is 0 Å². The van der Waals surface area contributed by atoms with Gasteiger partial charge in [0.05, 0.1) is 17.0 Å². The first-order valence-electron chi connectivity index (χ1n) is 11.2. The predicted molar refractivity (Wildman–Crippen MR) is 147 cm³/mol. The Morgan fingerprint density at radius 1 is 1.00 bits per heavy atom. The number of sulfonamides is 1. The molecule has 1 aromatic heterocycles. The van der Waals surface area contributed by atoms with Gasteiger partial charge in [0.15, 0.2) is 0 Å². The van der Waals surface area contributed by atoms with E-state index in [1.165, 1.54) is 24.3 Å².